The Bertz CT molecular complexity index is 790. The summed E-state index contributed by atoms with van der Waals surface area (Å²) < 4.78 is 0. The van der Waals surface area contributed by atoms with Gasteiger partial charge < -0.3 is 5.11 Å². The molecule has 0 spiro atoms. The van der Waals surface area contributed by atoms with Crippen molar-refractivity contribution in [1.29, 1.82) is 0 Å². The molecule has 1 aromatic carbocycles. The molecule has 0 saturated carbocycles. The van der Waals surface area contributed by atoms with E-state index in [0.29, 0.717) is 22.3 Å². The maximum atomic E-state index is 12.7. The normalized spacial score (nSPS) is 20.6. The third-order valence-corrected chi connectivity index (χ3v) is 5.40. The Labute approximate surface area is 148 Å². The van der Waals surface area contributed by atoms with Crippen molar-refractivity contribution in [3.05, 3.63) is 45.4 Å². The average molecular weight is 366 g/mol. The average Bonchev–Trinajstić information content (AvgIpc) is 3.04. The minimum atomic E-state index is -1.03. The van der Waals surface area contributed by atoms with E-state index in [2.05, 4.69) is 10.4 Å². The second-order valence-electron chi connectivity index (χ2n) is 5.74. The van der Waals surface area contributed by atoms with Crippen molar-refractivity contribution in [3.63, 3.8) is 0 Å². The number of carbonyl (C=O) groups excluding carboxylic acids is 1. The first-order chi connectivity index (χ1) is 11.4. The Hall–Kier alpha value is -1.96. The van der Waals surface area contributed by atoms with Crippen molar-refractivity contribution in [2.24, 2.45) is 5.92 Å². The van der Waals surface area contributed by atoms with Gasteiger partial charge in [-0.1, -0.05) is 35.1 Å². The van der Waals surface area contributed by atoms with Crippen LogP contribution in [-0.2, 0) is 11.2 Å². The number of benzene rings is 1. The molecule has 2 unspecified atom stereocenters. The van der Waals surface area contributed by atoms with E-state index >= 15 is 0 Å². The zero-order valence-electron chi connectivity index (χ0n) is 13.1. The van der Waals surface area contributed by atoms with E-state index in [1.807, 2.05) is 19.1 Å². The number of aromatic carboxylic acids is 1. The smallest absolute Gasteiger partial charge is 0.347 e. The van der Waals surface area contributed by atoms with E-state index in [-0.39, 0.29) is 22.7 Å². The van der Waals surface area contributed by atoms with Gasteiger partial charge in [0.15, 0.2) is 0 Å². The summed E-state index contributed by atoms with van der Waals surface area (Å²) in [6.45, 7) is 3.55. The first-order valence-corrected chi connectivity index (χ1v) is 8.61. The first kappa shape index (κ1) is 16.9. The van der Waals surface area contributed by atoms with Crippen LogP contribution in [-0.4, -0.2) is 28.0 Å². The van der Waals surface area contributed by atoms with Gasteiger partial charge in [-0.3, -0.25) is 4.79 Å². The number of hydrazine groups is 1. The molecule has 2 N–H and O–H groups in total. The van der Waals surface area contributed by atoms with Crippen molar-refractivity contribution in [2.75, 3.05) is 5.01 Å². The highest BCUT2D eigenvalue weighted by molar-refractivity contribution is 7.17. The molecule has 24 heavy (non-hydrogen) atoms. The summed E-state index contributed by atoms with van der Waals surface area (Å²) >= 11 is 6.88. The highest BCUT2D eigenvalue weighted by Crippen LogP contribution is 2.31. The van der Waals surface area contributed by atoms with Gasteiger partial charge in [0.25, 0.3) is 0 Å². The van der Waals surface area contributed by atoms with Crippen LogP contribution >= 0.6 is 22.9 Å². The van der Waals surface area contributed by atoms with Gasteiger partial charge in [0.05, 0.1) is 11.6 Å². The van der Waals surface area contributed by atoms with Crippen LogP contribution in [0.25, 0.3) is 0 Å². The summed E-state index contributed by atoms with van der Waals surface area (Å²) in [6, 6.07) is 7.33. The van der Waals surface area contributed by atoms with Gasteiger partial charge in [0, 0.05) is 11.1 Å². The summed E-state index contributed by atoms with van der Waals surface area (Å²) in [6.07, 6.45) is 0.580. The van der Waals surface area contributed by atoms with Crippen molar-refractivity contribution in [3.8, 4) is 0 Å². The van der Waals surface area contributed by atoms with Crippen molar-refractivity contribution in [2.45, 2.75) is 26.3 Å². The van der Waals surface area contributed by atoms with Crippen molar-refractivity contribution < 1.29 is 14.7 Å². The molecule has 126 valence electrons. The molecule has 0 bridgehead atoms. The highest BCUT2D eigenvalue weighted by atomic mass is 35.5. The highest BCUT2D eigenvalue weighted by Gasteiger charge is 2.40. The molecule has 0 aliphatic carbocycles. The van der Waals surface area contributed by atoms with E-state index in [1.165, 1.54) is 5.01 Å². The lowest BCUT2D eigenvalue weighted by Crippen LogP contribution is -2.36. The molecule has 1 saturated heterocycles. The van der Waals surface area contributed by atoms with Crippen LogP contribution < -0.4 is 10.4 Å². The standard InChI is InChI=1S/C16H16ClN3O3S/c1-8-12(7-10-3-5-11(17)6-4-10)14(21)20(19-8)16-18-9(2)13(24-16)15(22)23/h3-6,8,12,19H,7H2,1-2H3,(H,22,23). The molecule has 8 heteroatoms. The number of rotatable bonds is 4. The Morgan fingerprint density at radius 3 is 2.67 bits per heavy atom. The molecule has 0 radical (unpaired) electrons. The van der Waals surface area contributed by atoms with Crippen LogP contribution in [0, 0.1) is 12.8 Å². The quantitative estimate of drug-likeness (QED) is 0.870. The minimum Gasteiger partial charge on any atom is -0.477 e. The van der Waals surface area contributed by atoms with Crippen LogP contribution in [0.5, 0.6) is 0 Å². The van der Waals surface area contributed by atoms with Crippen LogP contribution in [0.3, 0.4) is 0 Å². The lowest BCUT2D eigenvalue weighted by atomic mass is 9.94. The van der Waals surface area contributed by atoms with Crippen LogP contribution in [0.4, 0.5) is 5.13 Å². The van der Waals surface area contributed by atoms with Gasteiger partial charge >= 0.3 is 5.97 Å². The third-order valence-electron chi connectivity index (χ3n) is 4.01. The number of hydrogen-bond donors (Lipinski definition) is 2. The van der Waals surface area contributed by atoms with Gasteiger partial charge in [-0.05, 0) is 38.0 Å². The third kappa shape index (κ3) is 3.15. The summed E-state index contributed by atoms with van der Waals surface area (Å²) in [4.78, 5) is 28.3. The van der Waals surface area contributed by atoms with Crippen LogP contribution in [0.2, 0.25) is 5.02 Å². The predicted octanol–water partition coefficient (Wildman–Crippen LogP) is 2.90. The fourth-order valence-corrected chi connectivity index (χ4v) is 3.71. The predicted molar refractivity (Wildman–Crippen MR) is 92.5 cm³/mol. The second-order valence-corrected chi connectivity index (χ2v) is 7.16. The van der Waals surface area contributed by atoms with Gasteiger partial charge in [-0.15, -0.1) is 0 Å². The fraction of sp³-hybridized carbons (Fsp3) is 0.312. The van der Waals surface area contributed by atoms with Gasteiger partial charge in [0.1, 0.15) is 4.88 Å². The molecule has 2 atom stereocenters. The number of carboxylic acid groups (broad SMARTS) is 1. The van der Waals surface area contributed by atoms with E-state index < -0.39 is 5.97 Å². The number of aryl methyl sites for hydroxylation is 1. The Morgan fingerprint density at radius 1 is 1.42 bits per heavy atom. The van der Waals surface area contributed by atoms with Crippen molar-refractivity contribution >= 4 is 39.9 Å². The zero-order valence-corrected chi connectivity index (χ0v) is 14.7. The number of aromatic nitrogens is 1. The minimum absolute atomic E-state index is 0.0781. The monoisotopic (exact) mass is 365 g/mol. The molecule has 2 aromatic rings. The summed E-state index contributed by atoms with van der Waals surface area (Å²) in [5, 5.41) is 11.5. The Kier molecular flexibility index (Phi) is 4.58. The van der Waals surface area contributed by atoms with Crippen molar-refractivity contribution in [1.82, 2.24) is 10.4 Å². The number of nitrogens with zero attached hydrogens (tertiary/aromatic N) is 2. The molecule has 1 aliphatic rings. The van der Waals surface area contributed by atoms with Gasteiger partial charge in [0.2, 0.25) is 11.0 Å². The zero-order chi connectivity index (χ0) is 17.4. The molecule has 3 rings (SSSR count). The Balaban J connectivity index is 1.81. The second kappa shape index (κ2) is 6.51. The number of halogens is 1. The van der Waals surface area contributed by atoms with Crippen LogP contribution in [0.1, 0.15) is 27.9 Å². The summed E-state index contributed by atoms with van der Waals surface area (Å²) in [7, 11) is 0. The number of thiazole rings is 1. The fourth-order valence-electron chi connectivity index (χ4n) is 2.70. The Morgan fingerprint density at radius 2 is 2.08 bits per heavy atom. The number of carbonyl (C=O) groups is 2. The summed E-state index contributed by atoms with van der Waals surface area (Å²) in [5.41, 5.74) is 4.52. The van der Waals surface area contributed by atoms with E-state index in [4.69, 9.17) is 16.7 Å². The maximum Gasteiger partial charge on any atom is 0.347 e. The summed E-state index contributed by atoms with van der Waals surface area (Å²) in [5.74, 6) is -1.39. The molecule has 1 amide bonds. The molecular weight excluding hydrogens is 350 g/mol. The largest absolute Gasteiger partial charge is 0.477 e. The number of hydrogen-bond acceptors (Lipinski definition) is 5. The molecular formula is C16H16ClN3O3S. The molecule has 6 nitrogen and oxygen atoms in total. The number of amides is 1. The lowest BCUT2D eigenvalue weighted by Gasteiger charge is -2.12. The number of carboxylic acids is 1. The molecule has 2 heterocycles. The number of anilines is 1. The first-order valence-electron chi connectivity index (χ1n) is 7.42. The van der Waals surface area contributed by atoms with E-state index in [0.717, 1.165) is 16.9 Å². The molecule has 1 aromatic heterocycles. The SMILES string of the molecule is Cc1nc(N2NC(C)C(Cc3ccc(Cl)cc3)C2=O)sc1C(=O)O. The maximum absolute atomic E-state index is 12.7. The lowest BCUT2D eigenvalue weighted by molar-refractivity contribution is -0.120. The van der Waals surface area contributed by atoms with Gasteiger partial charge in [-0.25, -0.2) is 20.2 Å². The van der Waals surface area contributed by atoms with E-state index in [1.54, 1.807) is 19.1 Å². The topological polar surface area (TPSA) is 82.5 Å². The van der Waals surface area contributed by atoms with Gasteiger partial charge in [-0.2, -0.15) is 0 Å². The number of nitrogens with one attached hydrogen (secondary N) is 1. The van der Waals surface area contributed by atoms with Crippen LogP contribution in [0.15, 0.2) is 24.3 Å². The molecule has 1 fully saturated rings. The van der Waals surface area contributed by atoms with E-state index in [9.17, 15) is 9.59 Å². The molecule has 1 aliphatic heterocycles.